The van der Waals surface area contributed by atoms with Gasteiger partial charge in [-0.05, 0) is 38.0 Å². The Labute approximate surface area is 176 Å². The number of hydrogen-bond donors (Lipinski definition) is 1. The Bertz CT molecular complexity index is 896. The molecule has 6 nitrogen and oxygen atoms in total. The number of benzene rings is 2. The number of ether oxygens (including phenoxy) is 2. The summed E-state index contributed by atoms with van der Waals surface area (Å²) in [5.41, 5.74) is 2.62. The summed E-state index contributed by atoms with van der Waals surface area (Å²) in [5, 5.41) is 9.45. The van der Waals surface area contributed by atoms with Crippen molar-refractivity contribution < 1.29 is 29.0 Å². The van der Waals surface area contributed by atoms with Crippen molar-refractivity contribution >= 4 is 17.7 Å². The van der Waals surface area contributed by atoms with Crippen LogP contribution in [0.5, 0.6) is 5.75 Å². The first-order chi connectivity index (χ1) is 14.3. The molecule has 0 heterocycles. The molecule has 1 atom stereocenters. The van der Waals surface area contributed by atoms with Gasteiger partial charge in [-0.2, -0.15) is 0 Å². The highest BCUT2D eigenvalue weighted by molar-refractivity contribution is 5.98. The van der Waals surface area contributed by atoms with E-state index in [-0.39, 0.29) is 43.2 Å². The average Bonchev–Trinajstić information content (AvgIpc) is 2.72. The third-order valence-electron chi connectivity index (χ3n) is 4.47. The van der Waals surface area contributed by atoms with Gasteiger partial charge in [0, 0.05) is 17.6 Å². The molecule has 30 heavy (non-hydrogen) atoms. The minimum Gasteiger partial charge on any atom is -0.508 e. The van der Waals surface area contributed by atoms with E-state index in [9.17, 15) is 19.5 Å². The molecule has 2 aromatic carbocycles. The van der Waals surface area contributed by atoms with Crippen molar-refractivity contribution in [2.45, 2.75) is 26.7 Å². The SMILES string of the molecule is C=C(C)C(=O)OCCOC(=O)[C@@H](CC(=O)c1ccc(C)cc1)Cc1ccc(O)cc1. The molecule has 0 fully saturated rings. The van der Waals surface area contributed by atoms with Gasteiger partial charge in [-0.1, -0.05) is 48.5 Å². The van der Waals surface area contributed by atoms with Crippen molar-refractivity contribution in [2.24, 2.45) is 5.92 Å². The topological polar surface area (TPSA) is 89.9 Å². The van der Waals surface area contributed by atoms with E-state index in [2.05, 4.69) is 6.58 Å². The number of rotatable bonds is 10. The van der Waals surface area contributed by atoms with E-state index in [1.54, 1.807) is 24.3 Å². The fourth-order valence-electron chi connectivity index (χ4n) is 2.75. The Morgan fingerprint density at radius 3 is 2.17 bits per heavy atom. The van der Waals surface area contributed by atoms with Crippen LogP contribution in [0.25, 0.3) is 0 Å². The monoisotopic (exact) mass is 410 g/mol. The molecule has 0 amide bonds. The van der Waals surface area contributed by atoms with Gasteiger partial charge in [-0.15, -0.1) is 0 Å². The molecular formula is C24H26O6. The van der Waals surface area contributed by atoms with Gasteiger partial charge in [-0.25, -0.2) is 4.79 Å². The maximum Gasteiger partial charge on any atom is 0.333 e. The summed E-state index contributed by atoms with van der Waals surface area (Å²) in [6.45, 7) is 6.74. The molecule has 1 N–H and O–H groups in total. The van der Waals surface area contributed by atoms with Gasteiger partial charge in [0.05, 0.1) is 5.92 Å². The Balaban J connectivity index is 2.03. The molecule has 0 aliphatic rings. The maximum absolute atomic E-state index is 12.7. The number of carbonyl (C=O) groups is 3. The highest BCUT2D eigenvalue weighted by Gasteiger charge is 2.25. The largest absolute Gasteiger partial charge is 0.508 e. The highest BCUT2D eigenvalue weighted by Crippen LogP contribution is 2.20. The number of aromatic hydroxyl groups is 1. The predicted octanol–water partition coefficient (Wildman–Crippen LogP) is 3.79. The van der Waals surface area contributed by atoms with Crippen molar-refractivity contribution in [3.8, 4) is 5.75 Å². The zero-order valence-electron chi connectivity index (χ0n) is 17.2. The van der Waals surface area contributed by atoms with Gasteiger partial charge in [0.2, 0.25) is 0 Å². The maximum atomic E-state index is 12.7. The molecule has 6 heteroatoms. The van der Waals surface area contributed by atoms with Crippen molar-refractivity contribution in [3.63, 3.8) is 0 Å². The quantitative estimate of drug-likeness (QED) is 0.277. The second-order valence-corrected chi connectivity index (χ2v) is 7.14. The lowest BCUT2D eigenvalue weighted by Gasteiger charge is -2.16. The molecule has 0 aliphatic heterocycles. The van der Waals surface area contributed by atoms with Gasteiger partial charge in [0.15, 0.2) is 5.78 Å². The molecular weight excluding hydrogens is 384 g/mol. The summed E-state index contributed by atoms with van der Waals surface area (Å²) >= 11 is 0. The third kappa shape index (κ3) is 7.20. The molecule has 2 aromatic rings. The standard InChI is InChI=1S/C24H26O6/c1-16(2)23(27)29-12-13-30-24(28)20(14-18-6-10-21(25)11-7-18)15-22(26)19-8-4-17(3)5-9-19/h4-11,20,25H,1,12-15H2,2-3H3/t20-/m1/s1. The number of hydrogen-bond acceptors (Lipinski definition) is 6. The minimum absolute atomic E-state index is 0.0195. The second kappa shape index (κ2) is 11.0. The van der Waals surface area contributed by atoms with Crippen molar-refractivity contribution in [2.75, 3.05) is 13.2 Å². The first kappa shape index (κ1) is 22.9. The Kier molecular flexibility index (Phi) is 8.35. The van der Waals surface area contributed by atoms with E-state index in [4.69, 9.17) is 9.47 Å². The van der Waals surface area contributed by atoms with Crippen LogP contribution in [0.3, 0.4) is 0 Å². The van der Waals surface area contributed by atoms with Crippen molar-refractivity contribution in [1.29, 1.82) is 0 Å². The number of Topliss-reactive ketones (excluding diaryl/α,β-unsaturated/α-hetero) is 1. The zero-order valence-corrected chi connectivity index (χ0v) is 17.2. The van der Waals surface area contributed by atoms with Crippen LogP contribution in [0.4, 0.5) is 0 Å². The number of esters is 2. The normalized spacial score (nSPS) is 11.4. The number of aryl methyl sites for hydroxylation is 1. The minimum atomic E-state index is -0.708. The van der Waals surface area contributed by atoms with E-state index < -0.39 is 17.9 Å². The van der Waals surface area contributed by atoms with Crippen LogP contribution in [0.2, 0.25) is 0 Å². The van der Waals surface area contributed by atoms with Crippen LogP contribution < -0.4 is 0 Å². The summed E-state index contributed by atoms with van der Waals surface area (Å²) in [5.74, 6) is -1.85. The number of ketones is 1. The zero-order chi connectivity index (χ0) is 22.1. The summed E-state index contributed by atoms with van der Waals surface area (Å²) in [6, 6.07) is 13.6. The van der Waals surface area contributed by atoms with Crippen LogP contribution in [-0.4, -0.2) is 36.0 Å². The van der Waals surface area contributed by atoms with Crippen molar-refractivity contribution in [1.82, 2.24) is 0 Å². The van der Waals surface area contributed by atoms with Gasteiger partial charge in [0.1, 0.15) is 19.0 Å². The average molecular weight is 410 g/mol. The smallest absolute Gasteiger partial charge is 0.333 e. The van der Waals surface area contributed by atoms with Crippen molar-refractivity contribution in [3.05, 3.63) is 77.4 Å². The molecule has 0 spiro atoms. The van der Waals surface area contributed by atoms with Gasteiger partial charge < -0.3 is 14.6 Å². The second-order valence-electron chi connectivity index (χ2n) is 7.14. The number of phenols is 1. The summed E-state index contributed by atoms with van der Waals surface area (Å²) in [4.78, 5) is 36.7. The summed E-state index contributed by atoms with van der Waals surface area (Å²) in [6.07, 6.45) is 0.261. The molecule has 0 aromatic heterocycles. The van der Waals surface area contributed by atoms with Crippen LogP contribution in [0.15, 0.2) is 60.7 Å². The molecule has 0 aliphatic carbocycles. The lowest BCUT2D eigenvalue weighted by Crippen LogP contribution is -2.25. The molecule has 2 rings (SSSR count). The van der Waals surface area contributed by atoms with Gasteiger partial charge in [0.25, 0.3) is 0 Å². The van der Waals surface area contributed by atoms with E-state index in [1.165, 1.54) is 19.1 Å². The van der Waals surface area contributed by atoms with E-state index in [0.29, 0.717) is 5.56 Å². The van der Waals surface area contributed by atoms with E-state index >= 15 is 0 Å². The van der Waals surface area contributed by atoms with Crippen LogP contribution >= 0.6 is 0 Å². The van der Waals surface area contributed by atoms with Crippen LogP contribution in [0.1, 0.15) is 34.8 Å². The third-order valence-corrected chi connectivity index (χ3v) is 4.47. The van der Waals surface area contributed by atoms with Gasteiger partial charge in [-0.3, -0.25) is 9.59 Å². The first-order valence-electron chi connectivity index (χ1n) is 9.63. The van der Waals surface area contributed by atoms with E-state index in [1.807, 2.05) is 19.1 Å². The van der Waals surface area contributed by atoms with Crippen LogP contribution in [0, 0.1) is 12.8 Å². The lowest BCUT2D eigenvalue weighted by atomic mass is 9.92. The molecule has 0 saturated heterocycles. The molecule has 0 saturated carbocycles. The molecule has 158 valence electrons. The Hall–Kier alpha value is -3.41. The predicted molar refractivity (Wildman–Crippen MR) is 112 cm³/mol. The fraction of sp³-hybridized carbons (Fsp3) is 0.292. The van der Waals surface area contributed by atoms with Crippen LogP contribution in [-0.2, 0) is 25.5 Å². The summed E-state index contributed by atoms with van der Waals surface area (Å²) < 4.78 is 10.2. The Morgan fingerprint density at radius 1 is 0.967 bits per heavy atom. The first-order valence-corrected chi connectivity index (χ1v) is 9.63. The Morgan fingerprint density at radius 2 is 1.57 bits per heavy atom. The fourth-order valence-corrected chi connectivity index (χ4v) is 2.75. The highest BCUT2D eigenvalue weighted by atomic mass is 16.6. The van der Waals surface area contributed by atoms with Gasteiger partial charge >= 0.3 is 11.9 Å². The molecule has 0 unspecified atom stereocenters. The summed E-state index contributed by atoms with van der Waals surface area (Å²) in [7, 11) is 0. The number of carbonyl (C=O) groups excluding carboxylic acids is 3. The lowest BCUT2D eigenvalue weighted by molar-refractivity contribution is -0.153. The van der Waals surface area contributed by atoms with E-state index in [0.717, 1.165) is 11.1 Å². The molecule has 0 bridgehead atoms. The molecule has 0 radical (unpaired) electrons. The number of phenolic OH excluding ortho intramolecular Hbond substituents is 1.